The van der Waals surface area contributed by atoms with Gasteiger partial charge in [0.05, 0.1) is 6.42 Å². The van der Waals surface area contributed by atoms with Crippen LogP contribution in [0, 0.1) is 6.92 Å². The van der Waals surface area contributed by atoms with Crippen molar-refractivity contribution in [3.8, 4) is 0 Å². The van der Waals surface area contributed by atoms with Gasteiger partial charge in [-0.1, -0.05) is 61.7 Å². The Kier molecular flexibility index (Phi) is 8.17. The summed E-state index contributed by atoms with van der Waals surface area (Å²) in [6.45, 7) is 2.53. The Morgan fingerprint density at radius 3 is 2.50 bits per heavy atom. The molecule has 1 aliphatic rings. The van der Waals surface area contributed by atoms with Crippen LogP contribution >= 0.6 is 0 Å². The molecule has 6 heteroatoms. The summed E-state index contributed by atoms with van der Waals surface area (Å²) in [6, 6.07) is 19.4. The Bertz CT molecular complexity index is 1370. The number of benzene rings is 2. The van der Waals surface area contributed by atoms with Crippen molar-refractivity contribution >= 4 is 22.7 Å². The Morgan fingerprint density at radius 1 is 0.974 bits per heavy atom. The van der Waals surface area contributed by atoms with Gasteiger partial charge >= 0.3 is 0 Å². The molecule has 1 atom stereocenters. The molecule has 2 aromatic carbocycles. The van der Waals surface area contributed by atoms with E-state index in [1.165, 1.54) is 17.5 Å². The molecule has 2 heterocycles. The summed E-state index contributed by atoms with van der Waals surface area (Å²) in [5.41, 5.74) is 5.09. The predicted molar refractivity (Wildman–Crippen MR) is 151 cm³/mol. The molecule has 0 radical (unpaired) electrons. The highest BCUT2D eigenvalue weighted by molar-refractivity contribution is 5.92. The van der Waals surface area contributed by atoms with Crippen LogP contribution in [0.25, 0.3) is 10.9 Å². The van der Waals surface area contributed by atoms with Crippen LogP contribution in [-0.2, 0) is 22.4 Å². The smallest absolute Gasteiger partial charge is 0.247 e. The molecule has 4 aromatic rings. The minimum Gasteiger partial charge on any atom is -0.361 e. The Hall–Kier alpha value is -3.93. The van der Waals surface area contributed by atoms with Gasteiger partial charge in [0.15, 0.2) is 0 Å². The Balaban J connectivity index is 1.47. The molecule has 0 saturated heterocycles. The van der Waals surface area contributed by atoms with E-state index in [-0.39, 0.29) is 24.3 Å². The third kappa shape index (κ3) is 5.96. The maximum atomic E-state index is 14.1. The lowest BCUT2D eigenvalue weighted by Gasteiger charge is -2.33. The van der Waals surface area contributed by atoms with Crippen molar-refractivity contribution in [2.45, 2.75) is 64.0 Å². The normalized spacial score (nSPS) is 14.8. The number of para-hydroxylation sites is 1. The van der Waals surface area contributed by atoms with Gasteiger partial charge in [0.2, 0.25) is 11.8 Å². The standard InChI is InChI=1S/C32H36N4O2/c1-23-9-5-6-10-24(23)17-20-36(30(37)21-26-22-34-29-14-8-7-13-28(26)29)31(25-15-18-33-19-16-25)32(38)35-27-11-3-2-4-12-27/h5-10,13-16,18-19,22,27,31,34H,2-4,11-12,17,20-21H2,1H3,(H,35,38). The number of carbonyl (C=O) groups is 2. The van der Waals surface area contributed by atoms with Crippen molar-refractivity contribution < 1.29 is 9.59 Å². The van der Waals surface area contributed by atoms with Crippen LogP contribution in [0.3, 0.4) is 0 Å². The second-order valence-electron chi connectivity index (χ2n) is 10.3. The van der Waals surface area contributed by atoms with E-state index < -0.39 is 6.04 Å². The summed E-state index contributed by atoms with van der Waals surface area (Å²) < 4.78 is 0. The first-order valence-electron chi connectivity index (χ1n) is 13.7. The minimum atomic E-state index is -0.721. The van der Waals surface area contributed by atoms with Crippen LogP contribution in [0.2, 0.25) is 0 Å². The van der Waals surface area contributed by atoms with Gasteiger partial charge < -0.3 is 15.2 Å². The van der Waals surface area contributed by atoms with E-state index in [1.807, 2.05) is 54.7 Å². The van der Waals surface area contributed by atoms with E-state index in [0.29, 0.717) is 13.0 Å². The van der Waals surface area contributed by atoms with E-state index in [9.17, 15) is 9.59 Å². The minimum absolute atomic E-state index is 0.0658. The van der Waals surface area contributed by atoms with Crippen LogP contribution in [-0.4, -0.2) is 39.3 Å². The molecule has 2 aromatic heterocycles. The van der Waals surface area contributed by atoms with Gasteiger partial charge in [-0.2, -0.15) is 0 Å². The molecule has 0 bridgehead atoms. The van der Waals surface area contributed by atoms with Crippen LogP contribution in [0.15, 0.2) is 79.3 Å². The molecule has 6 nitrogen and oxygen atoms in total. The van der Waals surface area contributed by atoms with Crippen LogP contribution in [0.5, 0.6) is 0 Å². The van der Waals surface area contributed by atoms with Crippen molar-refractivity contribution in [1.29, 1.82) is 0 Å². The first-order valence-corrected chi connectivity index (χ1v) is 13.7. The SMILES string of the molecule is Cc1ccccc1CCN(C(=O)Cc1c[nH]c2ccccc12)C(C(=O)NC1CCCCC1)c1ccncc1. The number of aromatic nitrogens is 2. The second-order valence-corrected chi connectivity index (χ2v) is 10.3. The summed E-state index contributed by atoms with van der Waals surface area (Å²) in [7, 11) is 0. The molecule has 5 rings (SSSR count). The highest BCUT2D eigenvalue weighted by Crippen LogP contribution is 2.26. The molecule has 1 aliphatic carbocycles. The summed E-state index contributed by atoms with van der Waals surface area (Å²) in [6.07, 6.45) is 11.6. The van der Waals surface area contributed by atoms with Crippen LogP contribution < -0.4 is 5.32 Å². The number of aromatic amines is 1. The molecule has 1 unspecified atom stereocenters. The van der Waals surface area contributed by atoms with Crippen molar-refractivity contribution in [3.05, 3.63) is 102 Å². The van der Waals surface area contributed by atoms with E-state index in [0.717, 1.165) is 47.7 Å². The molecular formula is C32H36N4O2. The maximum Gasteiger partial charge on any atom is 0.247 e. The lowest BCUT2D eigenvalue weighted by atomic mass is 9.94. The van der Waals surface area contributed by atoms with E-state index in [4.69, 9.17) is 0 Å². The number of nitrogens with zero attached hydrogens (tertiary/aromatic N) is 2. The number of pyridine rings is 1. The summed E-state index contributed by atoms with van der Waals surface area (Å²) >= 11 is 0. The number of aryl methyl sites for hydroxylation is 1. The third-order valence-corrected chi connectivity index (χ3v) is 7.75. The van der Waals surface area contributed by atoms with E-state index >= 15 is 0 Å². The Morgan fingerprint density at radius 2 is 1.71 bits per heavy atom. The highest BCUT2D eigenvalue weighted by Gasteiger charge is 2.33. The van der Waals surface area contributed by atoms with Crippen molar-refractivity contribution in [1.82, 2.24) is 20.2 Å². The monoisotopic (exact) mass is 508 g/mol. The van der Waals surface area contributed by atoms with Gasteiger partial charge in [-0.3, -0.25) is 14.6 Å². The van der Waals surface area contributed by atoms with Gasteiger partial charge in [0.25, 0.3) is 0 Å². The quantitative estimate of drug-likeness (QED) is 0.306. The molecule has 196 valence electrons. The molecule has 0 aliphatic heterocycles. The molecule has 1 fully saturated rings. The zero-order valence-electron chi connectivity index (χ0n) is 22.0. The number of H-pyrrole nitrogens is 1. The second kappa shape index (κ2) is 12.1. The molecule has 2 amide bonds. The summed E-state index contributed by atoms with van der Waals surface area (Å²) in [5, 5.41) is 4.33. The maximum absolute atomic E-state index is 14.1. The zero-order chi connectivity index (χ0) is 26.3. The fraction of sp³-hybridized carbons (Fsp3) is 0.344. The van der Waals surface area contributed by atoms with Gasteiger partial charge in [0.1, 0.15) is 6.04 Å². The third-order valence-electron chi connectivity index (χ3n) is 7.75. The lowest BCUT2D eigenvalue weighted by Crippen LogP contribution is -2.48. The Labute approximate surface area is 224 Å². The zero-order valence-corrected chi connectivity index (χ0v) is 22.0. The fourth-order valence-corrected chi connectivity index (χ4v) is 5.62. The highest BCUT2D eigenvalue weighted by atomic mass is 16.2. The topological polar surface area (TPSA) is 78.1 Å². The van der Waals surface area contributed by atoms with Gasteiger partial charge in [-0.15, -0.1) is 0 Å². The van der Waals surface area contributed by atoms with Crippen LogP contribution in [0.4, 0.5) is 0 Å². The predicted octanol–water partition coefficient (Wildman–Crippen LogP) is 5.68. The fourth-order valence-electron chi connectivity index (χ4n) is 5.62. The van der Waals surface area contributed by atoms with Crippen molar-refractivity contribution in [2.75, 3.05) is 6.54 Å². The van der Waals surface area contributed by atoms with Gasteiger partial charge in [-0.05, 0) is 66.6 Å². The number of nitrogens with one attached hydrogen (secondary N) is 2. The van der Waals surface area contributed by atoms with Crippen molar-refractivity contribution in [2.24, 2.45) is 0 Å². The molecule has 38 heavy (non-hydrogen) atoms. The van der Waals surface area contributed by atoms with Gasteiger partial charge in [0, 0.05) is 42.1 Å². The van der Waals surface area contributed by atoms with Crippen LogP contribution in [0.1, 0.15) is 60.4 Å². The largest absolute Gasteiger partial charge is 0.361 e. The number of fused-ring (bicyclic) bond motifs is 1. The first kappa shape index (κ1) is 25.7. The molecule has 0 spiro atoms. The molecular weight excluding hydrogens is 472 g/mol. The molecule has 2 N–H and O–H groups in total. The number of hydrogen-bond acceptors (Lipinski definition) is 3. The lowest BCUT2D eigenvalue weighted by molar-refractivity contribution is -0.140. The van der Waals surface area contributed by atoms with E-state index in [1.54, 1.807) is 17.3 Å². The van der Waals surface area contributed by atoms with E-state index in [2.05, 4.69) is 34.3 Å². The molecule has 1 saturated carbocycles. The van der Waals surface area contributed by atoms with Gasteiger partial charge in [-0.25, -0.2) is 0 Å². The summed E-state index contributed by atoms with van der Waals surface area (Å²) in [4.78, 5) is 37.2. The number of rotatable bonds is 9. The average Bonchev–Trinajstić information content (AvgIpc) is 3.35. The summed E-state index contributed by atoms with van der Waals surface area (Å²) in [5.74, 6) is -0.177. The first-order chi connectivity index (χ1) is 18.6. The van der Waals surface area contributed by atoms with Crippen molar-refractivity contribution in [3.63, 3.8) is 0 Å². The number of hydrogen-bond donors (Lipinski definition) is 2. The number of carbonyl (C=O) groups excluding carboxylic acids is 2. The number of amides is 2. The average molecular weight is 509 g/mol.